The molecule has 0 bridgehead atoms. The van der Waals surface area contributed by atoms with Crippen LogP contribution in [0, 0.1) is 6.92 Å². The van der Waals surface area contributed by atoms with E-state index >= 15 is 0 Å². The van der Waals surface area contributed by atoms with Gasteiger partial charge in [-0.15, -0.1) is 0 Å². The van der Waals surface area contributed by atoms with Gasteiger partial charge in [0.1, 0.15) is 11.5 Å². The maximum absolute atomic E-state index is 5.68. The van der Waals surface area contributed by atoms with Gasteiger partial charge in [-0.1, -0.05) is 12.1 Å². The predicted molar refractivity (Wildman–Crippen MR) is 97.1 cm³/mol. The Labute approximate surface area is 145 Å². The van der Waals surface area contributed by atoms with Crippen LogP contribution in [0.15, 0.2) is 53.3 Å². The highest BCUT2D eigenvalue weighted by atomic mass is 16.3. The number of rotatable bonds is 7. The standard InChI is InChI=1S/C19H21N5O/c1-14-7-8-18(25-14)19-15(12-22-23-19)11-20-9-4-10-24-13-21-16-5-2-3-6-17(16)24/h2-3,5-8,12-13,20H,4,9-11H2,1H3,(H,22,23). The van der Waals surface area contributed by atoms with E-state index in [1.807, 2.05) is 43.7 Å². The van der Waals surface area contributed by atoms with E-state index in [1.54, 1.807) is 0 Å². The molecule has 4 aromatic rings. The number of aryl methyl sites for hydroxylation is 2. The zero-order chi connectivity index (χ0) is 17.1. The molecule has 0 aliphatic rings. The lowest BCUT2D eigenvalue weighted by Crippen LogP contribution is -2.16. The Hall–Kier alpha value is -2.86. The summed E-state index contributed by atoms with van der Waals surface area (Å²) in [5.41, 5.74) is 4.30. The van der Waals surface area contributed by atoms with E-state index in [0.29, 0.717) is 0 Å². The molecule has 0 radical (unpaired) electrons. The summed E-state index contributed by atoms with van der Waals surface area (Å²) in [5, 5.41) is 10.6. The fourth-order valence-electron chi connectivity index (χ4n) is 3.01. The molecule has 0 saturated heterocycles. The molecule has 6 heteroatoms. The number of nitrogens with zero attached hydrogens (tertiary/aromatic N) is 3. The molecule has 3 heterocycles. The summed E-state index contributed by atoms with van der Waals surface area (Å²) in [6.45, 7) is 4.57. The van der Waals surface area contributed by atoms with E-state index in [-0.39, 0.29) is 0 Å². The zero-order valence-corrected chi connectivity index (χ0v) is 14.2. The van der Waals surface area contributed by atoms with Gasteiger partial charge in [-0.25, -0.2) is 4.98 Å². The number of hydrogen-bond acceptors (Lipinski definition) is 4. The molecule has 3 aromatic heterocycles. The van der Waals surface area contributed by atoms with Crippen LogP contribution in [0.2, 0.25) is 0 Å². The van der Waals surface area contributed by atoms with Gasteiger partial charge in [-0.05, 0) is 44.2 Å². The van der Waals surface area contributed by atoms with E-state index in [9.17, 15) is 0 Å². The highest BCUT2D eigenvalue weighted by molar-refractivity contribution is 5.74. The summed E-state index contributed by atoms with van der Waals surface area (Å²) in [7, 11) is 0. The highest BCUT2D eigenvalue weighted by Crippen LogP contribution is 2.23. The molecular formula is C19H21N5O. The molecule has 0 atom stereocenters. The molecular weight excluding hydrogens is 314 g/mol. The molecule has 0 amide bonds. The van der Waals surface area contributed by atoms with Crippen molar-refractivity contribution in [1.29, 1.82) is 0 Å². The van der Waals surface area contributed by atoms with Crippen LogP contribution in [0.1, 0.15) is 17.7 Å². The van der Waals surface area contributed by atoms with Crippen molar-refractivity contribution in [2.24, 2.45) is 0 Å². The summed E-state index contributed by atoms with van der Waals surface area (Å²) < 4.78 is 7.88. The lowest BCUT2D eigenvalue weighted by Gasteiger charge is -2.06. The molecule has 0 saturated carbocycles. The first-order chi connectivity index (χ1) is 12.3. The van der Waals surface area contributed by atoms with Crippen molar-refractivity contribution in [1.82, 2.24) is 25.1 Å². The van der Waals surface area contributed by atoms with E-state index in [0.717, 1.165) is 54.3 Å². The molecule has 0 aliphatic carbocycles. The van der Waals surface area contributed by atoms with Crippen molar-refractivity contribution < 1.29 is 4.42 Å². The van der Waals surface area contributed by atoms with Gasteiger partial charge in [0.05, 0.1) is 23.6 Å². The Bertz CT molecular complexity index is 965. The number of fused-ring (bicyclic) bond motifs is 1. The summed E-state index contributed by atoms with van der Waals surface area (Å²) in [6.07, 6.45) is 4.80. The molecule has 0 unspecified atom stereocenters. The van der Waals surface area contributed by atoms with E-state index in [1.165, 1.54) is 5.52 Å². The van der Waals surface area contributed by atoms with E-state index < -0.39 is 0 Å². The second-order valence-corrected chi connectivity index (χ2v) is 6.14. The third kappa shape index (κ3) is 3.34. The average molecular weight is 335 g/mol. The number of hydrogen-bond donors (Lipinski definition) is 2. The minimum absolute atomic E-state index is 0.760. The number of benzene rings is 1. The average Bonchev–Trinajstić information content (AvgIpc) is 3.34. The molecule has 25 heavy (non-hydrogen) atoms. The molecule has 6 nitrogen and oxygen atoms in total. The van der Waals surface area contributed by atoms with Gasteiger partial charge in [-0.2, -0.15) is 5.10 Å². The molecule has 0 aliphatic heterocycles. The third-order valence-electron chi connectivity index (χ3n) is 4.30. The Morgan fingerprint density at radius 2 is 2.12 bits per heavy atom. The summed E-state index contributed by atoms with van der Waals surface area (Å²) in [6, 6.07) is 12.2. The predicted octanol–water partition coefficient (Wildman–Crippen LogP) is 3.51. The van der Waals surface area contributed by atoms with Crippen LogP contribution in [-0.2, 0) is 13.1 Å². The van der Waals surface area contributed by atoms with Gasteiger partial charge in [0.25, 0.3) is 0 Å². The monoisotopic (exact) mass is 335 g/mol. The number of para-hydroxylation sites is 2. The minimum Gasteiger partial charge on any atom is -0.460 e. The molecule has 1 aromatic carbocycles. The summed E-state index contributed by atoms with van der Waals surface area (Å²) in [4.78, 5) is 4.43. The van der Waals surface area contributed by atoms with Crippen LogP contribution >= 0.6 is 0 Å². The van der Waals surface area contributed by atoms with Crippen molar-refractivity contribution in [3.8, 4) is 11.5 Å². The number of nitrogens with one attached hydrogen (secondary N) is 2. The fraction of sp³-hybridized carbons (Fsp3) is 0.263. The van der Waals surface area contributed by atoms with Crippen LogP contribution in [0.4, 0.5) is 0 Å². The van der Waals surface area contributed by atoms with Gasteiger partial charge < -0.3 is 14.3 Å². The first-order valence-corrected chi connectivity index (χ1v) is 8.51. The Morgan fingerprint density at radius 3 is 3.00 bits per heavy atom. The lowest BCUT2D eigenvalue weighted by atomic mass is 10.2. The van der Waals surface area contributed by atoms with Crippen molar-refractivity contribution in [2.45, 2.75) is 26.4 Å². The van der Waals surface area contributed by atoms with Crippen LogP contribution < -0.4 is 5.32 Å². The largest absolute Gasteiger partial charge is 0.460 e. The number of furan rings is 1. The van der Waals surface area contributed by atoms with E-state index in [4.69, 9.17) is 4.42 Å². The zero-order valence-electron chi connectivity index (χ0n) is 14.2. The Kier molecular flexibility index (Phi) is 4.35. The number of imidazole rings is 1. The van der Waals surface area contributed by atoms with Gasteiger partial charge in [0.15, 0.2) is 5.76 Å². The maximum atomic E-state index is 5.68. The van der Waals surface area contributed by atoms with Gasteiger partial charge in [-0.3, -0.25) is 5.10 Å². The molecule has 2 N–H and O–H groups in total. The molecule has 4 rings (SSSR count). The van der Waals surface area contributed by atoms with Gasteiger partial charge in [0.2, 0.25) is 0 Å². The second kappa shape index (κ2) is 6.94. The molecule has 128 valence electrons. The van der Waals surface area contributed by atoms with Crippen molar-refractivity contribution in [3.63, 3.8) is 0 Å². The third-order valence-corrected chi connectivity index (χ3v) is 4.30. The summed E-state index contributed by atoms with van der Waals surface area (Å²) in [5.74, 6) is 1.73. The molecule has 0 spiro atoms. The first-order valence-electron chi connectivity index (χ1n) is 8.51. The van der Waals surface area contributed by atoms with Crippen molar-refractivity contribution in [2.75, 3.05) is 6.54 Å². The smallest absolute Gasteiger partial charge is 0.152 e. The minimum atomic E-state index is 0.760. The normalized spacial score (nSPS) is 11.4. The lowest BCUT2D eigenvalue weighted by molar-refractivity contribution is 0.544. The number of H-pyrrole nitrogens is 1. The first kappa shape index (κ1) is 15.7. The number of aromatic amines is 1. The maximum Gasteiger partial charge on any atom is 0.152 e. The van der Waals surface area contributed by atoms with Gasteiger partial charge in [0, 0.05) is 18.7 Å². The van der Waals surface area contributed by atoms with Gasteiger partial charge >= 0.3 is 0 Å². The Balaban J connectivity index is 1.30. The van der Waals surface area contributed by atoms with E-state index in [2.05, 4.69) is 37.2 Å². The van der Waals surface area contributed by atoms with Crippen LogP contribution in [-0.4, -0.2) is 26.3 Å². The quantitative estimate of drug-likeness (QED) is 0.507. The van der Waals surface area contributed by atoms with Crippen molar-refractivity contribution >= 4 is 11.0 Å². The van der Waals surface area contributed by atoms with Crippen LogP contribution in [0.3, 0.4) is 0 Å². The SMILES string of the molecule is Cc1ccc(-c2[nH]ncc2CNCCCn2cnc3ccccc32)o1. The highest BCUT2D eigenvalue weighted by Gasteiger charge is 2.10. The summed E-state index contributed by atoms with van der Waals surface area (Å²) >= 11 is 0. The van der Waals surface area contributed by atoms with Crippen LogP contribution in [0.25, 0.3) is 22.5 Å². The topological polar surface area (TPSA) is 71.7 Å². The Morgan fingerprint density at radius 1 is 1.20 bits per heavy atom. The molecule has 0 fully saturated rings. The second-order valence-electron chi connectivity index (χ2n) is 6.14. The van der Waals surface area contributed by atoms with Crippen molar-refractivity contribution in [3.05, 3.63) is 60.2 Å². The fourth-order valence-corrected chi connectivity index (χ4v) is 3.01. The van der Waals surface area contributed by atoms with Crippen LogP contribution in [0.5, 0.6) is 0 Å². The number of aromatic nitrogens is 4.